The van der Waals surface area contributed by atoms with Crippen molar-refractivity contribution in [2.45, 2.75) is 44.2 Å². The number of allylic oxidation sites excluding steroid dienone is 1. The molecule has 25 heavy (non-hydrogen) atoms. The molecule has 1 saturated carbocycles. The van der Waals surface area contributed by atoms with Crippen molar-refractivity contribution in [1.82, 2.24) is 4.90 Å². The van der Waals surface area contributed by atoms with Crippen LogP contribution in [0, 0.1) is 5.82 Å². The first kappa shape index (κ1) is 16.5. The Morgan fingerprint density at radius 1 is 1.12 bits per heavy atom. The number of hydrogen-bond donors (Lipinski definition) is 0. The van der Waals surface area contributed by atoms with Gasteiger partial charge in [-0.1, -0.05) is 6.42 Å². The van der Waals surface area contributed by atoms with Gasteiger partial charge >= 0.3 is 0 Å². The van der Waals surface area contributed by atoms with E-state index in [0.717, 1.165) is 32.0 Å². The van der Waals surface area contributed by atoms with Crippen molar-refractivity contribution in [2.24, 2.45) is 4.99 Å². The number of piperidine rings is 1. The normalized spacial score (nSPS) is 22.6. The van der Waals surface area contributed by atoms with Crippen molar-refractivity contribution >= 4 is 11.5 Å². The molecule has 0 unspecified atom stereocenters. The fourth-order valence-corrected chi connectivity index (χ4v) is 3.67. The Balaban J connectivity index is 1.37. The summed E-state index contributed by atoms with van der Waals surface area (Å²) in [7, 11) is 0. The van der Waals surface area contributed by atoms with Crippen LogP contribution in [-0.4, -0.2) is 48.2 Å². The van der Waals surface area contributed by atoms with E-state index in [9.17, 15) is 9.18 Å². The smallest absolute Gasteiger partial charge is 0.177 e. The summed E-state index contributed by atoms with van der Waals surface area (Å²) in [5.74, 6) is -0.0911. The number of halogens is 1. The molecule has 2 heterocycles. The predicted octanol–water partition coefficient (Wildman–Crippen LogP) is 3.15. The van der Waals surface area contributed by atoms with E-state index >= 15 is 0 Å². The Morgan fingerprint density at radius 3 is 2.52 bits per heavy atom. The molecule has 2 fully saturated rings. The molecule has 0 N–H and O–H groups in total. The maximum Gasteiger partial charge on any atom is 0.177 e. The Bertz CT molecular complexity index is 716. The average Bonchev–Trinajstić information content (AvgIpc) is 2.57. The zero-order chi connectivity index (χ0) is 17.2. The highest BCUT2D eigenvalue weighted by molar-refractivity contribution is 6.14. The Hall–Kier alpha value is -2.01. The molecule has 5 heteroatoms. The van der Waals surface area contributed by atoms with E-state index in [1.807, 2.05) is 0 Å². The minimum atomic E-state index is -0.369. The second kappa shape index (κ2) is 7.08. The van der Waals surface area contributed by atoms with Gasteiger partial charge in [0.05, 0.1) is 5.71 Å². The Kier molecular flexibility index (Phi) is 4.66. The molecule has 1 aliphatic carbocycles. The fourth-order valence-electron chi connectivity index (χ4n) is 3.67. The lowest BCUT2D eigenvalue weighted by Crippen LogP contribution is -2.46. The van der Waals surface area contributed by atoms with Crippen LogP contribution in [0.5, 0.6) is 5.75 Å². The predicted molar refractivity (Wildman–Crippen MR) is 94.8 cm³/mol. The van der Waals surface area contributed by atoms with Crippen molar-refractivity contribution in [3.8, 4) is 5.75 Å². The van der Waals surface area contributed by atoms with Crippen molar-refractivity contribution < 1.29 is 13.9 Å². The monoisotopic (exact) mass is 342 g/mol. The molecule has 1 aromatic rings. The summed E-state index contributed by atoms with van der Waals surface area (Å²) >= 11 is 0. The van der Waals surface area contributed by atoms with E-state index < -0.39 is 0 Å². The van der Waals surface area contributed by atoms with Crippen LogP contribution in [0.4, 0.5) is 4.39 Å². The lowest BCUT2D eigenvalue weighted by atomic mass is 9.90. The van der Waals surface area contributed by atoms with Gasteiger partial charge in [0, 0.05) is 24.7 Å². The van der Waals surface area contributed by atoms with Gasteiger partial charge in [0.15, 0.2) is 17.3 Å². The summed E-state index contributed by atoms with van der Waals surface area (Å²) < 4.78 is 20.3. The lowest BCUT2D eigenvalue weighted by molar-refractivity contribution is -0.113. The zero-order valence-corrected chi connectivity index (χ0v) is 14.3. The second-order valence-electron chi connectivity index (χ2n) is 7.08. The molecule has 4 nitrogen and oxygen atoms in total. The van der Waals surface area contributed by atoms with Gasteiger partial charge in [0.2, 0.25) is 0 Å². The van der Waals surface area contributed by atoms with Crippen molar-refractivity contribution in [3.63, 3.8) is 0 Å². The molecule has 0 aromatic heterocycles. The van der Waals surface area contributed by atoms with Gasteiger partial charge in [-0.05, 0) is 56.0 Å². The minimum absolute atomic E-state index is 0.0302. The zero-order valence-electron chi connectivity index (χ0n) is 14.3. The first-order chi connectivity index (χ1) is 12.2. The third-order valence-electron chi connectivity index (χ3n) is 5.42. The van der Waals surface area contributed by atoms with E-state index in [1.165, 1.54) is 31.4 Å². The molecule has 1 saturated heterocycles. The number of carbonyl (C=O) groups excluding carboxylic acids is 1. The summed E-state index contributed by atoms with van der Waals surface area (Å²) in [6, 6.07) is 5.70. The van der Waals surface area contributed by atoms with E-state index in [4.69, 9.17) is 4.74 Å². The molecule has 0 atom stereocenters. The van der Waals surface area contributed by atoms with Gasteiger partial charge in [-0.15, -0.1) is 0 Å². The molecule has 132 valence electrons. The number of carbonyl (C=O) groups is 1. The third kappa shape index (κ3) is 3.66. The molecule has 0 spiro atoms. The van der Waals surface area contributed by atoms with Crippen molar-refractivity contribution in [1.29, 1.82) is 0 Å². The van der Waals surface area contributed by atoms with Crippen LogP contribution in [0.15, 0.2) is 35.3 Å². The minimum Gasteiger partial charge on any atom is -0.487 e. The van der Waals surface area contributed by atoms with Crippen LogP contribution in [-0.2, 0) is 4.79 Å². The highest BCUT2D eigenvalue weighted by Crippen LogP contribution is 2.29. The molecule has 2 aliphatic heterocycles. The maximum atomic E-state index is 14.4. The molecule has 0 radical (unpaired) electrons. The summed E-state index contributed by atoms with van der Waals surface area (Å²) in [5.41, 5.74) is 1.31. The number of ether oxygens (including phenoxy) is 1. The SMILES string of the molecule is O=C1C=CC(c2ccc(OC3CCN(C4CCC4)CC3)c(F)c2)=NC1. The molecule has 3 aliphatic rings. The molecule has 0 amide bonds. The first-order valence-corrected chi connectivity index (χ1v) is 9.15. The van der Waals surface area contributed by atoms with Gasteiger partial charge in [-0.3, -0.25) is 9.79 Å². The Labute approximate surface area is 147 Å². The molecule has 1 aromatic carbocycles. The highest BCUT2D eigenvalue weighted by Gasteiger charge is 2.29. The highest BCUT2D eigenvalue weighted by atomic mass is 19.1. The van der Waals surface area contributed by atoms with Crippen LogP contribution in [0.3, 0.4) is 0 Å². The lowest BCUT2D eigenvalue weighted by Gasteiger charge is -2.41. The number of ketones is 1. The van der Waals surface area contributed by atoms with Crippen molar-refractivity contribution in [3.05, 3.63) is 41.7 Å². The van der Waals surface area contributed by atoms with Crippen LogP contribution in [0.1, 0.15) is 37.7 Å². The number of benzene rings is 1. The van der Waals surface area contributed by atoms with Gasteiger partial charge in [0.25, 0.3) is 0 Å². The molecular weight excluding hydrogens is 319 g/mol. The maximum absolute atomic E-state index is 14.4. The van der Waals surface area contributed by atoms with E-state index in [1.54, 1.807) is 18.2 Å². The quantitative estimate of drug-likeness (QED) is 0.844. The third-order valence-corrected chi connectivity index (χ3v) is 5.42. The Morgan fingerprint density at radius 2 is 1.92 bits per heavy atom. The van der Waals surface area contributed by atoms with Gasteiger partial charge < -0.3 is 9.64 Å². The first-order valence-electron chi connectivity index (χ1n) is 9.15. The number of hydrogen-bond acceptors (Lipinski definition) is 4. The van der Waals surface area contributed by atoms with E-state index in [-0.39, 0.29) is 24.2 Å². The van der Waals surface area contributed by atoms with Gasteiger partial charge in [-0.25, -0.2) is 4.39 Å². The van der Waals surface area contributed by atoms with E-state index in [0.29, 0.717) is 17.0 Å². The summed E-state index contributed by atoms with van der Waals surface area (Å²) in [6.45, 7) is 2.22. The number of dihydropyridines is 1. The summed E-state index contributed by atoms with van der Waals surface area (Å²) in [5, 5.41) is 0. The van der Waals surface area contributed by atoms with Crippen LogP contribution < -0.4 is 4.74 Å². The summed E-state index contributed by atoms with van der Waals surface area (Å²) in [6.07, 6.45) is 9.12. The number of aliphatic imine (C=N–C) groups is 1. The van der Waals surface area contributed by atoms with Crippen molar-refractivity contribution in [2.75, 3.05) is 19.6 Å². The standard InChI is InChI=1S/C20H23FN2O2/c21-18-12-14(19-6-5-16(24)13-22-19)4-7-20(18)25-17-8-10-23(11-9-17)15-2-1-3-15/h4-7,12,15,17H,1-3,8-11,13H2. The summed E-state index contributed by atoms with van der Waals surface area (Å²) in [4.78, 5) is 17.9. The number of rotatable bonds is 4. The fraction of sp³-hybridized carbons (Fsp3) is 0.500. The number of nitrogens with zero attached hydrogens (tertiary/aromatic N) is 2. The number of likely N-dealkylation sites (tertiary alicyclic amines) is 1. The molecule has 0 bridgehead atoms. The van der Waals surface area contributed by atoms with Crippen LogP contribution >= 0.6 is 0 Å². The second-order valence-corrected chi connectivity index (χ2v) is 7.08. The molecular formula is C20H23FN2O2. The largest absolute Gasteiger partial charge is 0.487 e. The van der Waals surface area contributed by atoms with E-state index in [2.05, 4.69) is 9.89 Å². The average molecular weight is 342 g/mol. The van der Waals surface area contributed by atoms with Crippen LogP contribution in [0.25, 0.3) is 0 Å². The van der Waals surface area contributed by atoms with Crippen LogP contribution in [0.2, 0.25) is 0 Å². The topological polar surface area (TPSA) is 41.9 Å². The molecule has 4 rings (SSSR count). The van der Waals surface area contributed by atoms with Gasteiger partial charge in [0.1, 0.15) is 12.6 Å². The van der Waals surface area contributed by atoms with Gasteiger partial charge in [-0.2, -0.15) is 0 Å².